The van der Waals surface area contributed by atoms with Gasteiger partial charge in [-0.05, 0) is 37.9 Å². The first-order valence-corrected chi connectivity index (χ1v) is 6.37. The van der Waals surface area contributed by atoms with Gasteiger partial charge in [0.25, 0.3) is 0 Å². The molecule has 2 heterocycles. The van der Waals surface area contributed by atoms with Crippen molar-refractivity contribution in [2.45, 2.75) is 25.3 Å². The molecule has 17 heavy (non-hydrogen) atoms. The maximum Gasteiger partial charge on any atom is 0.136 e. The Labute approximate surface area is 101 Å². The molecule has 1 aliphatic heterocycles. The van der Waals surface area contributed by atoms with E-state index in [0.29, 0.717) is 6.04 Å². The molecule has 0 aliphatic carbocycles. The van der Waals surface area contributed by atoms with Gasteiger partial charge in [0.05, 0.1) is 5.69 Å². The number of nitrogens with one attached hydrogen (secondary N) is 2. The van der Waals surface area contributed by atoms with Crippen molar-refractivity contribution in [1.29, 1.82) is 0 Å². The lowest BCUT2D eigenvalue weighted by atomic mass is 10.1. The molecule has 0 spiro atoms. The summed E-state index contributed by atoms with van der Waals surface area (Å²) in [5.74, 6) is 0. The molecule has 1 aromatic carbocycles. The lowest BCUT2D eigenvalue weighted by Gasteiger charge is -2.10. The number of benzene rings is 1. The molecule has 90 valence electrons. The van der Waals surface area contributed by atoms with E-state index in [2.05, 4.69) is 16.7 Å². The molecule has 0 saturated carbocycles. The minimum absolute atomic E-state index is 0.695. The molecule has 0 radical (unpaired) electrons. The van der Waals surface area contributed by atoms with Crippen LogP contribution in [-0.2, 0) is 0 Å². The molecule has 1 fully saturated rings. The molecule has 1 saturated heterocycles. The third-order valence-corrected chi connectivity index (χ3v) is 3.45. The first-order chi connectivity index (χ1) is 8.43. The number of anilines is 1. The highest BCUT2D eigenvalue weighted by molar-refractivity contribution is 5.90. The Balaban J connectivity index is 1.60. The highest BCUT2D eigenvalue weighted by atomic mass is 16.3. The number of fused-ring (bicyclic) bond motifs is 1. The van der Waals surface area contributed by atoms with E-state index in [1.165, 1.54) is 31.2 Å². The van der Waals surface area contributed by atoms with Crippen molar-refractivity contribution in [3.63, 3.8) is 0 Å². The Morgan fingerprint density at radius 1 is 1.35 bits per heavy atom. The van der Waals surface area contributed by atoms with Gasteiger partial charge in [0, 0.05) is 18.0 Å². The Morgan fingerprint density at radius 2 is 2.29 bits per heavy atom. The van der Waals surface area contributed by atoms with Gasteiger partial charge in [-0.2, -0.15) is 0 Å². The summed E-state index contributed by atoms with van der Waals surface area (Å²) in [7, 11) is 0. The molecule has 3 heteroatoms. The second-order valence-electron chi connectivity index (χ2n) is 4.65. The molecule has 3 nitrogen and oxygen atoms in total. The number of para-hydroxylation sites is 1. The van der Waals surface area contributed by atoms with Crippen LogP contribution in [0.4, 0.5) is 5.69 Å². The molecule has 2 N–H and O–H groups in total. The van der Waals surface area contributed by atoms with Crippen molar-refractivity contribution in [2.24, 2.45) is 0 Å². The van der Waals surface area contributed by atoms with E-state index in [0.717, 1.165) is 17.8 Å². The number of rotatable bonds is 4. The van der Waals surface area contributed by atoms with E-state index in [1.807, 2.05) is 24.5 Å². The maximum absolute atomic E-state index is 5.49. The number of hydrogen-bond donors (Lipinski definition) is 2. The minimum Gasteiger partial charge on any atom is -0.462 e. The second-order valence-corrected chi connectivity index (χ2v) is 4.65. The predicted octanol–water partition coefficient (Wildman–Crippen LogP) is 2.99. The Hall–Kier alpha value is -1.48. The van der Waals surface area contributed by atoms with Gasteiger partial charge < -0.3 is 15.1 Å². The summed E-state index contributed by atoms with van der Waals surface area (Å²) >= 11 is 0. The lowest BCUT2D eigenvalue weighted by Crippen LogP contribution is -2.23. The Morgan fingerprint density at radius 3 is 3.18 bits per heavy atom. The molecular weight excluding hydrogens is 212 g/mol. The van der Waals surface area contributed by atoms with Crippen LogP contribution in [-0.4, -0.2) is 19.1 Å². The van der Waals surface area contributed by atoms with Gasteiger partial charge in [0.2, 0.25) is 0 Å². The summed E-state index contributed by atoms with van der Waals surface area (Å²) in [5, 5.41) is 8.14. The van der Waals surface area contributed by atoms with Gasteiger partial charge >= 0.3 is 0 Å². The molecule has 1 unspecified atom stereocenters. The smallest absolute Gasteiger partial charge is 0.136 e. The first kappa shape index (κ1) is 10.7. The van der Waals surface area contributed by atoms with Crippen LogP contribution in [0, 0.1) is 0 Å². The van der Waals surface area contributed by atoms with Crippen LogP contribution < -0.4 is 10.6 Å². The SMILES string of the molecule is c1ccc2c(NCCC3CCCN3)coc2c1. The minimum atomic E-state index is 0.695. The molecule has 0 bridgehead atoms. The van der Waals surface area contributed by atoms with E-state index in [-0.39, 0.29) is 0 Å². The highest BCUT2D eigenvalue weighted by Crippen LogP contribution is 2.25. The largest absolute Gasteiger partial charge is 0.462 e. The fourth-order valence-electron chi connectivity index (χ4n) is 2.50. The lowest BCUT2D eigenvalue weighted by molar-refractivity contribution is 0.573. The second kappa shape index (κ2) is 4.80. The van der Waals surface area contributed by atoms with E-state index < -0.39 is 0 Å². The van der Waals surface area contributed by atoms with Crippen molar-refractivity contribution < 1.29 is 4.42 Å². The van der Waals surface area contributed by atoms with Crippen molar-refractivity contribution in [3.05, 3.63) is 30.5 Å². The van der Waals surface area contributed by atoms with Crippen LogP contribution >= 0.6 is 0 Å². The maximum atomic E-state index is 5.49. The summed E-state index contributed by atoms with van der Waals surface area (Å²) in [6.07, 6.45) is 5.62. The predicted molar refractivity (Wildman–Crippen MR) is 70.3 cm³/mol. The fraction of sp³-hybridized carbons (Fsp3) is 0.429. The van der Waals surface area contributed by atoms with Crippen LogP contribution in [0.1, 0.15) is 19.3 Å². The van der Waals surface area contributed by atoms with Crippen LogP contribution in [0.2, 0.25) is 0 Å². The topological polar surface area (TPSA) is 37.2 Å². The first-order valence-electron chi connectivity index (χ1n) is 6.37. The van der Waals surface area contributed by atoms with Gasteiger partial charge in [-0.25, -0.2) is 0 Å². The average Bonchev–Trinajstić information content (AvgIpc) is 2.99. The molecule has 1 atom stereocenters. The standard InChI is InChI=1S/C14H18N2O/c1-2-6-14-12(5-1)13(10-17-14)16-9-7-11-4-3-8-15-11/h1-2,5-6,10-11,15-16H,3-4,7-9H2. The number of furan rings is 1. The van der Waals surface area contributed by atoms with Crippen LogP contribution in [0.5, 0.6) is 0 Å². The van der Waals surface area contributed by atoms with Crippen molar-refractivity contribution in [2.75, 3.05) is 18.4 Å². The van der Waals surface area contributed by atoms with E-state index >= 15 is 0 Å². The van der Waals surface area contributed by atoms with Gasteiger partial charge in [0.15, 0.2) is 0 Å². The van der Waals surface area contributed by atoms with E-state index in [4.69, 9.17) is 4.42 Å². The summed E-state index contributed by atoms with van der Waals surface area (Å²) in [5.41, 5.74) is 2.06. The van der Waals surface area contributed by atoms with Gasteiger partial charge in [0.1, 0.15) is 11.8 Å². The summed E-state index contributed by atoms with van der Waals surface area (Å²) < 4.78 is 5.49. The third-order valence-electron chi connectivity index (χ3n) is 3.45. The van der Waals surface area contributed by atoms with Crippen molar-refractivity contribution >= 4 is 16.7 Å². The van der Waals surface area contributed by atoms with Gasteiger partial charge in [-0.3, -0.25) is 0 Å². The molecule has 2 aromatic rings. The summed E-state index contributed by atoms with van der Waals surface area (Å²) in [6, 6.07) is 8.83. The van der Waals surface area contributed by atoms with Crippen LogP contribution in [0.15, 0.2) is 34.9 Å². The summed E-state index contributed by atoms with van der Waals surface area (Å²) in [6.45, 7) is 2.18. The highest BCUT2D eigenvalue weighted by Gasteiger charge is 2.13. The molecule has 3 rings (SSSR count). The Bertz CT molecular complexity index is 486. The fourth-order valence-corrected chi connectivity index (χ4v) is 2.50. The average molecular weight is 230 g/mol. The third kappa shape index (κ3) is 2.29. The molecule has 1 aromatic heterocycles. The molecule has 1 aliphatic rings. The van der Waals surface area contributed by atoms with E-state index in [1.54, 1.807) is 0 Å². The molecular formula is C14H18N2O. The van der Waals surface area contributed by atoms with Crippen molar-refractivity contribution in [3.8, 4) is 0 Å². The zero-order chi connectivity index (χ0) is 11.5. The number of hydrogen-bond acceptors (Lipinski definition) is 3. The molecule has 0 amide bonds. The quantitative estimate of drug-likeness (QED) is 0.848. The summed E-state index contributed by atoms with van der Waals surface area (Å²) in [4.78, 5) is 0. The van der Waals surface area contributed by atoms with Crippen LogP contribution in [0.25, 0.3) is 11.0 Å². The van der Waals surface area contributed by atoms with Gasteiger partial charge in [-0.1, -0.05) is 12.1 Å². The normalized spacial score (nSPS) is 19.9. The van der Waals surface area contributed by atoms with Gasteiger partial charge in [-0.15, -0.1) is 0 Å². The zero-order valence-corrected chi connectivity index (χ0v) is 9.91. The Kier molecular flexibility index (Phi) is 3.01. The monoisotopic (exact) mass is 230 g/mol. The zero-order valence-electron chi connectivity index (χ0n) is 9.91. The van der Waals surface area contributed by atoms with E-state index in [9.17, 15) is 0 Å². The van der Waals surface area contributed by atoms with Crippen LogP contribution in [0.3, 0.4) is 0 Å². The van der Waals surface area contributed by atoms with Crippen molar-refractivity contribution in [1.82, 2.24) is 5.32 Å².